The quantitative estimate of drug-likeness (QED) is 0.347. The fourth-order valence-corrected chi connectivity index (χ4v) is 0. The van der Waals surface area contributed by atoms with E-state index in [-0.39, 0.29) is 76.1 Å². The van der Waals surface area contributed by atoms with Crippen molar-refractivity contribution in [2.24, 2.45) is 0 Å². The van der Waals surface area contributed by atoms with Crippen LogP contribution in [0.5, 0.6) is 0 Å². The molecule has 0 fully saturated rings. The van der Waals surface area contributed by atoms with Gasteiger partial charge in [0.25, 0.3) is 0 Å². The van der Waals surface area contributed by atoms with E-state index in [2.05, 4.69) is 0 Å². The molecule has 0 unspecified atom stereocenters. The molecule has 0 aromatic rings. The minimum absolute atomic E-state index is 0. The van der Waals surface area contributed by atoms with Gasteiger partial charge in [0.15, 0.2) is 0 Å². The van der Waals surface area contributed by atoms with Crippen molar-refractivity contribution in [2.75, 3.05) is 0 Å². The van der Waals surface area contributed by atoms with Crippen molar-refractivity contribution in [3.63, 3.8) is 0 Å². The van der Waals surface area contributed by atoms with Crippen LogP contribution >= 0.6 is 0 Å². The Morgan fingerprint density at radius 1 is 0.500 bits per heavy atom. The van der Waals surface area contributed by atoms with Crippen molar-refractivity contribution in [1.29, 1.82) is 0 Å². The van der Waals surface area contributed by atoms with E-state index in [1.807, 2.05) is 0 Å². The normalized spacial score (nSPS) is 0. The molecule has 0 heterocycles. The Kier molecular flexibility index (Phi) is 1300. The summed E-state index contributed by atoms with van der Waals surface area (Å²) in [5.41, 5.74) is 0. The summed E-state index contributed by atoms with van der Waals surface area (Å²) < 4.78 is 0. The third-order valence-corrected chi connectivity index (χ3v) is 0. The number of rotatable bonds is 0. The molecule has 6 heavy (non-hydrogen) atoms. The van der Waals surface area contributed by atoms with E-state index in [1.54, 1.807) is 0 Å². The summed E-state index contributed by atoms with van der Waals surface area (Å²) in [6.45, 7) is 0. The van der Waals surface area contributed by atoms with E-state index in [4.69, 9.17) is 0 Å². The number of hydrogen-bond donors (Lipinski definition) is 0. The van der Waals surface area contributed by atoms with Gasteiger partial charge in [0.1, 0.15) is 0 Å². The molecule has 1 radical (unpaired) electrons. The second-order valence-corrected chi connectivity index (χ2v) is 0. The average molecular weight is 209 g/mol. The number of hydrogen-bond acceptors (Lipinski definition) is 0. The van der Waals surface area contributed by atoms with Crippen LogP contribution in [-0.2, 0) is 21.7 Å². The molecule has 39 valence electrons. The zero-order chi connectivity index (χ0) is 0. The van der Waals surface area contributed by atoms with Crippen molar-refractivity contribution in [2.45, 2.75) is 0 Å². The summed E-state index contributed by atoms with van der Waals surface area (Å²) in [6.07, 6.45) is 0. The first kappa shape index (κ1) is 111. The fraction of sp³-hybridized carbons (Fsp3) is 0. The van der Waals surface area contributed by atoms with Crippen molar-refractivity contribution < 1.29 is 76.1 Å². The largest absolute Gasteiger partial charge is 4.00 e. The Morgan fingerprint density at radius 3 is 0.500 bits per heavy atom. The van der Waals surface area contributed by atoms with Crippen LogP contribution in [0.2, 0.25) is 0 Å². The van der Waals surface area contributed by atoms with Crippen LogP contribution in [0.15, 0.2) is 0 Å². The third-order valence-electron chi connectivity index (χ3n) is 0. The molecule has 0 aromatic carbocycles. The molecule has 0 saturated carbocycles. The number of halogens is 5. The van der Waals surface area contributed by atoms with E-state index in [0.717, 1.165) is 0 Å². The van der Waals surface area contributed by atoms with E-state index in [9.17, 15) is 0 Å². The molecule has 0 spiro atoms. The van der Waals surface area contributed by atoms with Crippen LogP contribution in [0.3, 0.4) is 0 Å². The summed E-state index contributed by atoms with van der Waals surface area (Å²) >= 11 is 0. The molecular formula is Cl4FTi. The van der Waals surface area contributed by atoms with Crippen LogP contribution in [-0.4, -0.2) is 0 Å². The van der Waals surface area contributed by atoms with Gasteiger partial charge >= 0.3 is 21.7 Å². The van der Waals surface area contributed by atoms with Crippen molar-refractivity contribution >= 4 is 0 Å². The minimum atomic E-state index is 0. The zero-order valence-corrected chi connectivity index (χ0v) is 6.98. The Hall–Kier alpha value is 1.80. The first-order valence-electron chi connectivity index (χ1n) is 0. The fourth-order valence-electron chi connectivity index (χ4n) is 0. The van der Waals surface area contributed by atoms with Crippen LogP contribution in [0.25, 0.3) is 0 Å². The summed E-state index contributed by atoms with van der Waals surface area (Å²) in [6, 6.07) is 0. The van der Waals surface area contributed by atoms with Gasteiger partial charge in [0.2, 0.25) is 0 Å². The molecular weight excluding hydrogens is 209 g/mol. The van der Waals surface area contributed by atoms with Gasteiger partial charge in [-0.25, -0.2) is 0 Å². The molecule has 0 N–H and O–H groups in total. The molecule has 6 heteroatoms. The van der Waals surface area contributed by atoms with E-state index < -0.39 is 0 Å². The average Bonchev–Trinajstić information content (AvgIpc) is 0. The van der Waals surface area contributed by atoms with Gasteiger partial charge in [0.05, 0.1) is 0 Å². The molecule has 0 bridgehead atoms. The molecule has 0 amide bonds. The zero-order valence-electron chi connectivity index (χ0n) is 2.39. The third kappa shape index (κ3) is 41.2. The Balaban J connectivity index is 0. The van der Waals surface area contributed by atoms with Crippen LogP contribution in [0.4, 0.5) is 4.70 Å². The maximum atomic E-state index is 0. The van der Waals surface area contributed by atoms with Crippen molar-refractivity contribution in [3.05, 3.63) is 0 Å². The molecule has 0 saturated heterocycles. The second-order valence-electron chi connectivity index (χ2n) is 0. The Labute approximate surface area is 75.7 Å². The SMILES string of the molecule is [Cl-].[Cl-].[Cl-].[Cl-].[F].[Ti+4]. The van der Waals surface area contributed by atoms with Crippen molar-refractivity contribution in [1.82, 2.24) is 0 Å². The monoisotopic (exact) mass is 207 g/mol. The van der Waals surface area contributed by atoms with E-state index >= 15 is 0 Å². The standard InChI is InChI=1S/4ClH.F.Ti/h4*1H;;/q;;;;;+4/p-4. The van der Waals surface area contributed by atoms with Crippen LogP contribution in [0, 0.1) is 0 Å². The summed E-state index contributed by atoms with van der Waals surface area (Å²) in [4.78, 5) is 0. The van der Waals surface area contributed by atoms with Gasteiger partial charge in [-0.3, -0.25) is 0 Å². The summed E-state index contributed by atoms with van der Waals surface area (Å²) in [5, 5.41) is 0. The van der Waals surface area contributed by atoms with Gasteiger partial charge in [-0.15, -0.1) is 0 Å². The smallest absolute Gasteiger partial charge is 1.00 e. The minimum Gasteiger partial charge on any atom is -1.00 e. The van der Waals surface area contributed by atoms with Gasteiger partial charge < -0.3 is 49.6 Å². The van der Waals surface area contributed by atoms with Gasteiger partial charge in [-0.05, 0) is 0 Å². The van der Waals surface area contributed by atoms with Gasteiger partial charge in [-0.1, -0.05) is 0 Å². The maximum absolute atomic E-state index is 0. The van der Waals surface area contributed by atoms with Crippen LogP contribution < -0.4 is 49.6 Å². The Bertz CT molecular complexity index is 7.51. The molecule has 0 aliphatic carbocycles. The van der Waals surface area contributed by atoms with Crippen LogP contribution in [0.1, 0.15) is 0 Å². The topological polar surface area (TPSA) is 0 Å². The molecule has 0 aliphatic rings. The molecule has 0 rings (SSSR count). The first-order chi connectivity index (χ1) is 0. The molecule has 0 aliphatic heterocycles. The molecule has 0 aromatic heterocycles. The maximum Gasteiger partial charge on any atom is 4.00 e. The van der Waals surface area contributed by atoms with Gasteiger partial charge in [0, 0.05) is 4.70 Å². The second kappa shape index (κ2) is 70.4. The first-order valence-corrected chi connectivity index (χ1v) is 0. The molecule has 0 nitrogen and oxygen atoms in total. The summed E-state index contributed by atoms with van der Waals surface area (Å²) in [5.74, 6) is 0. The summed E-state index contributed by atoms with van der Waals surface area (Å²) in [7, 11) is 0. The molecule has 0 atom stereocenters. The predicted molar refractivity (Wildman–Crippen MR) is 1.11 cm³/mol. The van der Waals surface area contributed by atoms with Crippen molar-refractivity contribution in [3.8, 4) is 0 Å². The van der Waals surface area contributed by atoms with E-state index in [1.165, 1.54) is 0 Å². The van der Waals surface area contributed by atoms with E-state index in [0.29, 0.717) is 0 Å². The van der Waals surface area contributed by atoms with Gasteiger partial charge in [-0.2, -0.15) is 0 Å². The Morgan fingerprint density at radius 2 is 0.500 bits per heavy atom. The predicted octanol–water partition coefficient (Wildman–Crippen LogP) is -11.6.